The average molecular weight is 571 g/mol. The second-order valence-corrected chi connectivity index (χ2v) is 11.4. The minimum Gasteiger partial charge on any atom is -0.492 e. The van der Waals surface area contributed by atoms with Crippen LogP contribution < -0.4 is 9.64 Å². The Balaban J connectivity index is 0.00000302. The Hall–Kier alpha value is -3.68. The fourth-order valence-electron chi connectivity index (χ4n) is 6.65. The molecule has 1 spiro atoms. The fraction of sp³-hybridized carbons (Fsp3) is 0.364. The monoisotopic (exact) mass is 570 g/mol. The molecule has 0 bridgehead atoms. The summed E-state index contributed by atoms with van der Waals surface area (Å²) in [4.78, 5) is 18.2. The molecule has 0 atom stereocenters. The maximum atomic E-state index is 13.7. The van der Waals surface area contributed by atoms with Gasteiger partial charge in [0, 0.05) is 41.3 Å². The maximum absolute atomic E-state index is 13.7. The summed E-state index contributed by atoms with van der Waals surface area (Å²) in [6.07, 6.45) is 3.07. The zero-order valence-electron chi connectivity index (χ0n) is 23.8. The number of halogens is 1. The van der Waals surface area contributed by atoms with Gasteiger partial charge in [0.05, 0.1) is 6.61 Å². The van der Waals surface area contributed by atoms with E-state index in [0.29, 0.717) is 23.9 Å². The van der Waals surface area contributed by atoms with Crippen molar-refractivity contribution in [2.24, 2.45) is 0 Å². The number of carbonyl (C=O) groups excluding carboxylic acids is 1. The number of benzene rings is 3. The molecule has 3 aliphatic rings. The van der Waals surface area contributed by atoms with Gasteiger partial charge in [-0.3, -0.25) is 4.79 Å². The molecule has 7 rings (SSSR count). The molecule has 0 saturated carbocycles. The molecule has 4 aromatic rings. The van der Waals surface area contributed by atoms with Crippen LogP contribution in [0, 0.1) is 13.8 Å². The third-order valence-corrected chi connectivity index (χ3v) is 9.10. The molecule has 0 aliphatic carbocycles. The molecule has 8 heteroatoms. The van der Waals surface area contributed by atoms with E-state index in [2.05, 4.69) is 53.2 Å². The Bertz CT molecular complexity index is 1610. The Labute approximate surface area is 246 Å². The van der Waals surface area contributed by atoms with Crippen molar-refractivity contribution in [2.75, 3.05) is 37.7 Å². The normalized spacial score (nSPS) is 17.2. The first-order valence-corrected chi connectivity index (χ1v) is 14.3. The number of hydrogen-bond donors (Lipinski definition) is 0. The second kappa shape index (κ2) is 10.6. The number of nitrogens with zero attached hydrogens (tertiary/aromatic N) is 4. The Morgan fingerprint density at radius 2 is 1.71 bits per heavy atom. The third-order valence-electron chi connectivity index (χ3n) is 9.10. The van der Waals surface area contributed by atoms with Crippen molar-refractivity contribution in [1.82, 2.24) is 15.1 Å². The minimum absolute atomic E-state index is 0. The van der Waals surface area contributed by atoms with E-state index in [0.717, 1.165) is 79.2 Å². The quantitative estimate of drug-likeness (QED) is 0.283. The van der Waals surface area contributed by atoms with Crippen LogP contribution in [0.4, 0.5) is 5.69 Å². The van der Waals surface area contributed by atoms with Crippen molar-refractivity contribution < 1.29 is 13.9 Å². The van der Waals surface area contributed by atoms with Crippen molar-refractivity contribution in [1.29, 1.82) is 0 Å². The van der Waals surface area contributed by atoms with Crippen LogP contribution in [0.15, 0.2) is 59.0 Å². The van der Waals surface area contributed by atoms with E-state index in [1.807, 2.05) is 35.2 Å². The van der Waals surface area contributed by atoms with Crippen LogP contribution in [0.1, 0.15) is 52.7 Å². The Kier molecular flexibility index (Phi) is 7.12. The largest absolute Gasteiger partial charge is 0.492 e. The van der Waals surface area contributed by atoms with Gasteiger partial charge in [-0.2, -0.15) is 0 Å². The van der Waals surface area contributed by atoms with Crippen LogP contribution in [0.5, 0.6) is 5.75 Å². The standard InChI is InChI=1S/C33H34N4O3.ClH/c1-4-36-15-12-33(13-16-36)20-39-30-18-25-11-14-37(29(25)19-28(30)33)32(38)24-7-5-23(6-8-24)27-10-9-26(17-21(27)2)31-35-34-22(3)40-31;/h5-10,17-19H,4,11-16,20H2,1-3H3;1H. The number of piperidine rings is 1. The number of amides is 1. The fourth-order valence-corrected chi connectivity index (χ4v) is 6.65. The van der Waals surface area contributed by atoms with Gasteiger partial charge in [-0.25, -0.2) is 0 Å². The number of fused-ring (bicyclic) bond motifs is 3. The molecule has 4 heterocycles. The predicted octanol–water partition coefficient (Wildman–Crippen LogP) is 6.39. The van der Waals surface area contributed by atoms with Gasteiger partial charge in [-0.15, -0.1) is 22.6 Å². The van der Waals surface area contributed by atoms with Crippen molar-refractivity contribution in [3.8, 4) is 28.3 Å². The van der Waals surface area contributed by atoms with Crippen molar-refractivity contribution in [2.45, 2.75) is 45.4 Å². The lowest BCUT2D eigenvalue weighted by Gasteiger charge is -2.38. The molecule has 1 amide bonds. The summed E-state index contributed by atoms with van der Waals surface area (Å²) in [6.45, 7) is 10.8. The van der Waals surface area contributed by atoms with Gasteiger partial charge in [0.2, 0.25) is 11.8 Å². The van der Waals surface area contributed by atoms with Crippen LogP contribution in [-0.4, -0.2) is 53.8 Å². The number of aryl methyl sites for hydroxylation is 2. The molecule has 0 N–H and O–H groups in total. The maximum Gasteiger partial charge on any atom is 0.258 e. The number of likely N-dealkylation sites (tertiary alicyclic amines) is 1. The van der Waals surface area contributed by atoms with Crippen LogP contribution >= 0.6 is 12.4 Å². The summed E-state index contributed by atoms with van der Waals surface area (Å²) >= 11 is 0. The van der Waals surface area contributed by atoms with E-state index in [-0.39, 0.29) is 23.7 Å². The molecule has 212 valence electrons. The summed E-state index contributed by atoms with van der Waals surface area (Å²) in [5.74, 6) is 2.15. The van der Waals surface area contributed by atoms with Gasteiger partial charge < -0.3 is 19.0 Å². The highest BCUT2D eigenvalue weighted by atomic mass is 35.5. The summed E-state index contributed by atoms with van der Waals surface area (Å²) in [6, 6.07) is 18.6. The molecule has 0 unspecified atom stereocenters. The molecule has 3 aromatic carbocycles. The van der Waals surface area contributed by atoms with Gasteiger partial charge in [0.1, 0.15) is 5.75 Å². The lowest BCUT2D eigenvalue weighted by atomic mass is 9.74. The second-order valence-electron chi connectivity index (χ2n) is 11.4. The van der Waals surface area contributed by atoms with Gasteiger partial charge in [0.25, 0.3) is 5.91 Å². The lowest BCUT2D eigenvalue weighted by molar-refractivity contribution is 0.0989. The third kappa shape index (κ3) is 4.71. The zero-order valence-corrected chi connectivity index (χ0v) is 24.6. The highest BCUT2D eigenvalue weighted by Gasteiger charge is 2.44. The molecule has 0 radical (unpaired) electrons. The molecule has 1 aromatic heterocycles. The molecular weight excluding hydrogens is 536 g/mol. The highest BCUT2D eigenvalue weighted by Crippen LogP contribution is 2.49. The van der Waals surface area contributed by atoms with Crippen LogP contribution in [0.2, 0.25) is 0 Å². The Morgan fingerprint density at radius 1 is 0.951 bits per heavy atom. The van der Waals surface area contributed by atoms with Crippen LogP contribution in [-0.2, 0) is 11.8 Å². The summed E-state index contributed by atoms with van der Waals surface area (Å²) < 4.78 is 11.8. The summed E-state index contributed by atoms with van der Waals surface area (Å²) in [5.41, 5.74) is 8.52. The first-order chi connectivity index (χ1) is 19.4. The van der Waals surface area contributed by atoms with Crippen LogP contribution in [0.25, 0.3) is 22.6 Å². The van der Waals surface area contributed by atoms with Gasteiger partial charge in [0.15, 0.2) is 0 Å². The smallest absolute Gasteiger partial charge is 0.258 e. The number of aromatic nitrogens is 2. The van der Waals surface area contributed by atoms with E-state index in [9.17, 15) is 4.79 Å². The minimum atomic E-state index is 0. The predicted molar refractivity (Wildman–Crippen MR) is 162 cm³/mol. The van der Waals surface area contributed by atoms with Gasteiger partial charge >= 0.3 is 0 Å². The first-order valence-electron chi connectivity index (χ1n) is 14.3. The lowest BCUT2D eigenvalue weighted by Crippen LogP contribution is -2.43. The van der Waals surface area contributed by atoms with Crippen molar-refractivity contribution >= 4 is 24.0 Å². The van der Waals surface area contributed by atoms with Crippen LogP contribution in [0.3, 0.4) is 0 Å². The van der Waals surface area contributed by atoms with Crippen molar-refractivity contribution in [3.05, 3.63) is 82.7 Å². The molecule has 1 saturated heterocycles. The molecule has 7 nitrogen and oxygen atoms in total. The highest BCUT2D eigenvalue weighted by molar-refractivity contribution is 6.07. The number of ether oxygens (including phenoxy) is 1. The number of rotatable bonds is 4. The Morgan fingerprint density at radius 3 is 2.39 bits per heavy atom. The van der Waals surface area contributed by atoms with Gasteiger partial charge in [-0.1, -0.05) is 25.1 Å². The average Bonchev–Trinajstić information content (AvgIpc) is 3.70. The number of carbonyl (C=O) groups is 1. The van der Waals surface area contributed by atoms with E-state index >= 15 is 0 Å². The summed E-state index contributed by atoms with van der Waals surface area (Å²) in [7, 11) is 0. The molecular formula is C33H35ClN4O3. The number of anilines is 1. The molecule has 41 heavy (non-hydrogen) atoms. The van der Waals surface area contributed by atoms with Gasteiger partial charge in [-0.05, 0) is 104 Å². The topological polar surface area (TPSA) is 71.7 Å². The first kappa shape index (κ1) is 27.5. The summed E-state index contributed by atoms with van der Waals surface area (Å²) in [5, 5.41) is 8.06. The SMILES string of the molecule is CCN1CCC2(CC1)COc1cc3c(cc12)N(C(=O)c1ccc(-c2ccc(-c4nnc(C)o4)cc2C)cc1)CC3.Cl. The number of hydrogen-bond acceptors (Lipinski definition) is 6. The zero-order chi connectivity index (χ0) is 27.4. The van der Waals surface area contributed by atoms with E-state index < -0.39 is 0 Å². The van der Waals surface area contributed by atoms with Crippen molar-refractivity contribution in [3.63, 3.8) is 0 Å². The molecule has 3 aliphatic heterocycles. The van der Waals surface area contributed by atoms with E-state index in [1.54, 1.807) is 6.92 Å². The van der Waals surface area contributed by atoms with E-state index in [4.69, 9.17) is 9.15 Å². The molecule has 1 fully saturated rings. The van der Waals surface area contributed by atoms with E-state index in [1.165, 1.54) is 11.1 Å².